The quantitative estimate of drug-likeness (QED) is 0.766. The summed E-state index contributed by atoms with van der Waals surface area (Å²) in [4.78, 5) is 12.3. The minimum atomic E-state index is -0.143. The molecule has 2 unspecified atom stereocenters. The van der Waals surface area contributed by atoms with Crippen LogP contribution < -0.4 is 10.6 Å². The molecule has 2 N–H and O–H groups in total. The monoisotopic (exact) mass is 316 g/mol. The van der Waals surface area contributed by atoms with Gasteiger partial charge in [-0.15, -0.1) is 0 Å². The van der Waals surface area contributed by atoms with Crippen molar-refractivity contribution in [2.24, 2.45) is 0 Å². The van der Waals surface area contributed by atoms with Gasteiger partial charge in [0.05, 0.1) is 6.04 Å². The van der Waals surface area contributed by atoms with Crippen molar-refractivity contribution in [1.29, 1.82) is 0 Å². The van der Waals surface area contributed by atoms with Crippen LogP contribution in [0, 0.1) is 0 Å². The summed E-state index contributed by atoms with van der Waals surface area (Å²) >= 11 is 0. The Hall–Kier alpha value is -1.35. The molecule has 3 heteroatoms. The van der Waals surface area contributed by atoms with Gasteiger partial charge in [0.2, 0.25) is 5.91 Å². The molecular weight excluding hydrogens is 284 g/mol. The molecule has 1 aromatic carbocycles. The van der Waals surface area contributed by atoms with Gasteiger partial charge in [0.15, 0.2) is 0 Å². The van der Waals surface area contributed by atoms with Crippen molar-refractivity contribution in [3.05, 3.63) is 35.9 Å². The summed E-state index contributed by atoms with van der Waals surface area (Å²) in [6.07, 6.45) is 7.12. The van der Waals surface area contributed by atoms with Gasteiger partial charge in [-0.05, 0) is 38.7 Å². The summed E-state index contributed by atoms with van der Waals surface area (Å²) < 4.78 is 0. The normalized spacial score (nSPS) is 19.3. The van der Waals surface area contributed by atoms with Crippen LogP contribution in [0.4, 0.5) is 0 Å². The summed E-state index contributed by atoms with van der Waals surface area (Å²) in [7, 11) is 0. The van der Waals surface area contributed by atoms with E-state index in [4.69, 9.17) is 0 Å². The predicted octanol–water partition coefficient (Wildman–Crippen LogP) is 3.78. The first kappa shape index (κ1) is 18.0. The van der Waals surface area contributed by atoms with Crippen LogP contribution >= 0.6 is 0 Å². The van der Waals surface area contributed by atoms with Gasteiger partial charge in [-0.3, -0.25) is 4.79 Å². The summed E-state index contributed by atoms with van der Waals surface area (Å²) in [6, 6.07) is 10.9. The number of amides is 1. The highest BCUT2D eigenvalue weighted by Gasteiger charge is 2.35. The molecule has 1 aliphatic carbocycles. The van der Waals surface area contributed by atoms with Crippen LogP contribution in [0.5, 0.6) is 0 Å². The Morgan fingerprint density at radius 3 is 2.43 bits per heavy atom. The lowest BCUT2D eigenvalue weighted by molar-refractivity contribution is -0.123. The fourth-order valence-corrected chi connectivity index (χ4v) is 3.73. The van der Waals surface area contributed by atoms with Gasteiger partial charge >= 0.3 is 0 Å². The van der Waals surface area contributed by atoms with E-state index in [1.807, 2.05) is 6.92 Å². The average Bonchev–Trinajstić information content (AvgIpc) is 3.03. The molecule has 0 radical (unpaired) electrons. The number of benzene rings is 1. The third-order valence-electron chi connectivity index (χ3n) is 5.20. The molecule has 1 amide bonds. The van der Waals surface area contributed by atoms with Crippen molar-refractivity contribution in [2.75, 3.05) is 6.54 Å². The maximum atomic E-state index is 12.3. The van der Waals surface area contributed by atoms with E-state index in [0.29, 0.717) is 0 Å². The first-order valence-electron chi connectivity index (χ1n) is 9.17. The van der Waals surface area contributed by atoms with Crippen LogP contribution in [0.2, 0.25) is 0 Å². The number of carbonyl (C=O) groups is 1. The van der Waals surface area contributed by atoms with Crippen LogP contribution in [0.25, 0.3) is 0 Å². The molecule has 1 aliphatic rings. The van der Waals surface area contributed by atoms with Gasteiger partial charge in [0.25, 0.3) is 0 Å². The van der Waals surface area contributed by atoms with Crippen LogP contribution in [-0.4, -0.2) is 24.5 Å². The van der Waals surface area contributed by atoms with Crippen molar-refractivity contribution < 1.29 is 4.79 Å². The van der Waals surface area contributed by atoms with Crippen molar-refractivity contribution in [2.45, 2.75) is 76.8 Å². The second-order valence-corrected chi connectivity index (χ2v) is 7.15. The Labute approximate surface area is 141 Å². The molecule has 128 valence electrons. The first-order chi connectivity index (χ1) is 11.1. The van der Waals surface area contributed by atoms with Gasteiger partial charge in [0.1, 0.15) is 0 Å². The second kappa shape index (κ2) is 8.49. The van der Waals surface area contributed by atoms with E-state index < -0.39 is 0 Å². The molecule has 3 nitrogen and oxygen atoms in total. The molecule has 0 aromatic heterocycles. The van der Waals surface area contributed by atoms with E-state index in [0.717, 1.165) is 19.4 Å². The molecule has 0 spiro atoms. The largest absolute Gasteiger partial charge is 0.352 e. The highest BCUT2D eigenvalue weighted by molar-refractivity contribution is 5.81. The number of hydrogen-bond acceptors (Lipinski definition) is 2. The third kappa shape index (κ3) is 4.81. The van der Waals surface area contributed by atoms with Crippen molar-refractivity contribution >= 4 is 5.91 Å². The van der Waals surface area contributed by atoms with Gasteiger partial charge < -0.3 is 10.6 Å². The van der Waals surface area contributed by atoms with E-state index in [2.05, 4.69) is 54.8 Å². The SMILES string of the molecule is CCCC(C)NC(=O)C(C)NCC1(c2ccccc2)CCCC1. The van der Waals surface area contributed by atoms with E-state index in [1.54, 1.807) is 0 Å². The summed E-state index contributed by atoms with van der Waals surface area (Å²) in [5.74, 6) is 0.118. The highest BCUT2D eigenvalue weighted by Crippen LogP contribution is 2.40. The Morgan fingerprint density at radius 2 is 1.83 bits per heavy atom. The zero-order chi connectivity index (χ0) is 16.7. The number of hydrogen-bond donors (Lipinski definition) is 2. The van der Waals surface area contributed by atoms with E-state index >= 15 is 0 Å². The topological polar surface area (TPSA) is 41.1 Å². The van der Waals surface area contributed by atoms with Crippen LogP contribution in [0.3, 0.4) is 0 Å². The maximum Gasteiger partial charge on any atom is 0.237 e. The lowest BCUT2D eigenvalue weighted by Gasteiger charge is -2.31. The molecule has 2 rings (SSSR count). The van der Waals surface area contributed by atoms with Crippen LogP contribution in [-0.2, 0) is 10.2 Å². The average molecular weight is 316 g/mol. The highest BCUT2D eigenvalue weighted by atomic mass is 16.2. The van der Waals surface area contributed by atoms with Crippen molar-refractivity contribution in [3.63, 3.8) is 0 Å². The Kier molecular flexibility index (Phi) is 6.64. The molecular formula is C20H32N2O. The zero-order valence-electron chi connectivity index (χ0n) is 14.9. The maximum absolute atomic E-state index is 12.3. The fraction of sp³-hybridized carbons (Fsp3) is 0.650. The summed E-state index contributed by atoms with van der Waals surface area (Å²) in [5.41, 5.74) is 1.61. The lowest BCUT2D eigenvalue weighted by atomic mass is 9.78. The van der Waals surface area contributed by atoms with E-state index in [9.17, 15) is 4.79 Å². The molecule has 0 saturated heterocycles. The molecule has 1 saturated carbocycles. The van der Waals surface area contributed by atoms with Gasteiger partial charge in [0, 0.05) is 18.0 Å². The molecule has 0 heterocycles. The first-order valence-corrected chi connectivity index (χ1v) is 9.17. The van der Waals surface area contributed by atoms with Crippen LogP contribution in [0.1, 0.15) is 64.9 Å². The Balaban J connectivity index is 1.93. The van der Waals surface area contributed by atoms with Crippen LogP contribution in [0.15, 0.2) is 30.3 Å². The van der Waals surface area contributed by atoms with Crippen molar-refractivity contribution in [1.82, 2.24) is 10.6 Å². The Morgan fingerprint density at radius 1 is 1.17 bits per heavy atom. The summed E-state index contributed by atoms with van der Waals surface area (Å²) in [6.45, 7) is 7.08. The second-order valence-electron chi connectivity index (χ2n) is 7.15. The molecule has 0 aliphatic heterocycles. The number of nitrogens with one attached hydrogen (secondary N) is 2. The fourth-order valence-electron chi connectivity index (χ4n) is 3.73. The zero-order valence-corrected chi connectivity index (χ0v) is 14.9. The molecule has 0 bridgehead atoms. The standard InChI is InChI=1S/C20H32N2O/c1-4-10-16(2)22-19(23)17(3)21-15-20(13-8-9-14-20)18-11-6-5-7-12-18/h5-7,11-12,16-17,21H,4,8-10,13-15H2,1-3H3,(H,22,23). The smallest absolute Gasteiger partial charge is 0.237 e. The predicted molar refractivity (Wildman–Crippen MR) is 96.6 cm³/mol. The summed E-state index contributed by atoms with van der Waals surface area (Å²) in [5, 5.41) is 6.61. The molecule has 2 atom stereocenters. The number of rotatable bonds is 8. The van der Waals surface area contributed by atoms with Gasteiger partial charge in [-0.25, -0.2) is 0 Å². The van der Waals surface area contributed by atoms with E-state index in [1.165, 1.54) is 31.2 Å². The lowest BCUT2D eigenvalue weighted by Crippen LogP contribution is -2.49. The third-order valence-corrected chi connectivity index (χ3v) is 5.20. The Bertz CT molecular complexity index is 480. The minimum absolute atomic E-state index is 0.118. The van der Waals surface area contributed by atoms with E-state index in [-0.39, 0.29) is 23.4 Å². The van der Waals surface area contributed by atoms with Gasteiger partial charge in [-0.2, -0.15) is 0 Å². The minimum Gasteiger partial charge on any atom is -0.352 e. The molecule has 1 fully saturated rings. The number of carbonyl (C=O) groups excluding carboxylic acids is 1. The van der Waals surface area contributed by atoms with Gasteiger partial charge in [-0.1, -0.05) is 56.5 Å². The molecule has 1 aromatic rings. The van der Waals surface area contributed by atoms with Crippen molar-refractivity contribution in [3.8, 4) is 0 Å². The molecule has 23 heavy (non-hydrogen) atoms.